The van der Waals surface area contributed by atoms with Gasteiger partial charge in [0.2, 0.25) is 0 Å². The van der Waals surface area contributed by atoms with Crippen LogP contribution in [0.15, 0.2) is 146 Å². The maximum Gasteiger partial charge on any atom is 0.268 e. The summed E-state index contributed by atoms with van der Waals surface area (Å²) in [7, 11) is 0. The number of aromatic nitrogens is 3. The summed E-state index contributed by atoms with van der Waals surface area (Å²) in [6, 6.07) is 40.1. The van der Waals surface area contributed by atoms with Crippen molar-refractivity contribution >= 4 is 39.3 Å². The van der Waals surface area contributed by atoms with Crippen LogP contribution in [0.1, 0.15) is 31.8 Å². The second-order valence-electron chi connectivity index (χ2n) is 12.7. The van der Waals surface area contributed by atoms with Crippen LogP contribution in [0.3, 0.4) is 0 Å². The molecule has 238 valence electrons. The summed E-state index contributed by atoms with van der Waals surface area (Å²) in [5.74, 6) is -0.669. The normalized spacial score (nSPS) is 12.6. The van der Waals surface area contributed by atoms with Crippen molar-refractivity contribution in [3.05, 3.63) is 168 Å². The van der Waals surface area contributed by atoms with Crippen LogP contribution in [0.2, 0.25) is 0 Å². The molecular formula is C44H30N4O2. The Morgan fingerprint density at radius 3 is 1.72 bits per heavy atom. The van der Waals surface area contributed by atoms with Crippen molar-refractivity contribution in [3.8, 4) is 39.1 Å². The number of hydrogen-bond acceptors (Lipinski definition) is 4. The topological polar surface area (TPSA) is 68.1 Å². The van der Waals surface area contributed by atoms with Crippen LogP contribution in [-0.4, -0.2) is 26.3 Å². The van der Waals surface area contributed by atoms with Gasteiger partial charge in [-0.15, -0.1) is 0 Å². The summed E-state index contributed by atoms with van der Waals surface area (Å²) in [6.07, 6.45) is 7.39. The molecule has 9 rings (SSSR count). The molecule has 0 aliphatic carbocycles. The molecule has 0 bridgehead atoms. The number of aryl methyl sites for hydroxylation is 2. The van der Waals surface area contributed by atoms with Crippen LogP contribution in [0.4, 0.5) is 5.69 Å². The standard InChI is InChI=1S/C44H30N4O2/c1-27-25-45-20-18-34(27)31-14-16-39-37(23-31)38-24-32(35-19-21-46-26-28(35)2)15-17-40(38)48(39)41-13-7-12-36-42(41)44(50)47(43(36)49)33-11-6-10-30(22-33)29-8-4-3-5-9-29/h3-26H,1-2H3. The molecule has 4 heterocycles. The van der Waals surface area contributed by atoms with Gasteiger partial charge >= 0.3 is 0 Å². The Labute approximate surface area is 288 Å². The third-order valence-electron chi connectivity index (χ3n) is 9.77. The quantitative estimate of drug-likeness (QED) is 0.175. The Morgan fingerprint density at radius 2 is 1.10 bits per heavy atom. The van der Waals surface area contributed by atoms with Crippen molar-refractivity contribution in [2.24, 2.45) is 0 Å². The zero-order chi connectivity index (χ0) is 33.9. The Hall–Kier alpha value is -6.66. The van der Waals surface area contributed by atoms with Gasteiger partial charge in [0, 0.05) is 35.6 Å². The van der Waals surface area contributed by atoms with E-state index < -0.39 is 0 Å². The molecule has 0 saturated heterocycles. The van der Waals surface area contributed by atoms with E-state index in [4.69, 9.17) is 0 Å². The van der Waals surface area contributed by atoms with Crippen molar-refractivity contribution in [1.29, 1.82) is 0 Å². The lowest BCUT2D eigenvalue weighted by atomic mass is 9.98. The highest BCUT2D eigenvalue weighted by atomic mass is 16.2. The molecule has 3 aromatic heterocycles. The number of carbonyl (C=O) groups is 2. The minimum atomic E-state index is -0.339. The summed E-state index contributed by atoms with van der Waals surface area (Å²) >= 11 is 0. The van der Waals surface area contributed by atoms with Gasteiger partial charge < -0.3 is 4.57 Å². The fraction of sp³-hybridized carbons (Fsp3) is 0.0455. The van der Waals surface area contributed by atoms with Crippen LogP contribution >= 0.6 is 0 Å². The smallest absolute Gasteiger partial charge is 0.268 e. The number of fused-ring (bicyclic) bond motifs is 4. The lowest BCUT2D eigenvalue weighted by molar-refractivity contribution is 0.0926. The number of pyridine rings is 2. The third-order valence-corrected chi connectivity index (χ3v) is 9.77. The SMILES string of the molecule is Cc1cnccc1-c1ccc2c(c1)c1cc(-c3ccncc3C)ccc1n2-c1cccc2c1C(=O)N(c1cccc(-c3ccccc3)c1)C2=O. The predicted molar refractivity (Wildman–Crippen MR) is 200 cm³/mol. The molecule has 0 unspecified atom stereocenters. The maximum atomic E-state index is 14.5. The van der Waals surface area contributed by atoms with Crippen LogP contribution in [0.5, 0.6) is 0 Å². The zero-order valence-corrected chi connectivity index (χ0v) is 27.5. The van der Waals surface area contributed by atoms with Crippen molar-refractivity contribution in [3.63, 3.8) is 0 Å². The summed E-state index contributed by atoms with van der Waals surface area (Å²) in [6.45, 7) is 4.13. The van der Waals surface area contributed by atoms with E-state index in [1.165, 1.54) is 4.90 Å². The first kappa shape index (κ1) is 29.5. The zero-order valence-electron chi connectivity index (χ0n) is 27.5. The average Bonchev–Trinajstić information content (AvgIpc) is 3.62. The highest BCUT2D eigenvalue weighted by Crippen LogP contribution is 2.41. The third kappa shape index (κ3) is 4.57. The molecule has 5 aromatic carbocycles. The Balaban J connectivity index is 1.25. The largest absolute Gasteiger partial charge is 0.308 e. The van der Waals surface area contributed by atoms with E-state index in [2.05, 4.69) is 64.8 Å². The van der Waals surface area contributed by atoms with Gasteiger partial charge in [-0.3, -0.25) is 19.6 Å². The van der Waals surface area contributed by atoms with E-state index in [-0.39, 0.29) is 11.8 Å². The van der Waals surface area contributed by atoms with E-state index in [1.54, 1.807) is 6.07 Å². The summed E-state index contributed by atoms with van der Waals surface area (Å²) in [4.78, 5) is 38.4. The Morgan fingerprint density at radius 1 is 0.500 bits per heavy atom. The molecule has 8 aromatic rings. The molecule has 0 N–H and O–H groups in total. The lowest BCUT2D eigenvalue weighted by Crippen LogP contribution is -2.29. The monoisotopic (exact) mass is 646 g/mol. The van der Waals surface area contributed by atoms with Gasteiger partial charge in [-0.2, -0.15) is 0 Å². The van der Waals surface area contributed by atoms with E-state index in [0.29, 0.717) is 22.5 Å². The summed E-state index contributed by atoms with van der Waals surface area (Å²) < 4.78 is 2.13. The van der Waals surface area contributed by atoms with Crippen LogP contribution < -0.4 is 4.90 Å². The van der Waals surface area contributed by atoms with Crippen LogP contribution in [-0.2, 0) is 0 Å². The Bertz CT molecular complexity index is 2570. The van der Waals surface area contributed by atoms with E-state index >= 15 is 0 Å². The molecule has 0 fully saturated rings. The first-order chi connectivity index (χ1) is 24.5. The molecule has 1 aliphatic heterocycles. The minimum absolute atomic E-state index is 0.330. The molecule has 0 saturated carbocycles. The minimum Gasteiger partial charge on any atom is -0.308 e. The molecule has 0 radical (unpaired) electrons. The van der Waals surface area contributed by atoms with Gasteiger partial charge in [0.05, 0.1) is 33.5 Å². The van der Waals surface area contributed by atoms with Gasteiger partial charge in [-0.05, 0) is 119 Å². The molecule has 50 heavy (non-hydrogen) atoms. The second kappa shape index (κ2) is 11.5. The number of benzene rings is 5. The van der Waals surface area contributed by atoms with Crippen molar-refractivity contribution < 1.29 is 9.59 Å². The fourth-order valence-corrected chi connectivity index (χ4v) is 7.36. The van der Waals surface area contributed by atoms with E-state index in [0.717, 1.165) is 66.3 Å². The van der Waals surface area contributed by atoms with Gasteiger partial charge in [0.15, 0.2) is 0 Å². The van der Waals surface area contributed by atoms with Gasteiger partial charge in [0.1, 0.15) is 0 Å². The molecule has 2 amide bonds. The molecule has 6 nitrogen and oxygen atoms in total. The number of hydrogen-bond donors (Lipinski definition) is 0. The number of amides is 2. The van der Waals surface area contributed by atoms with Crippen molar-refractivity contribution in [2.45, 2.75) is 13.8 Å². The number of imide groups is 1. The second-order valence-corrected chi connectivity index (χ2v) is 12.7. The van der Waals surface area contributed by atoms with Crippen molar-refractivity contribution in [2.75, 3.05) is 4.90 Å². The van der Waals surface area contributed by atoms with E-state index in [9.17, 15) is 9.59 Å². The maximum absolute atomic E-state index is 14.5. The summed E-state index contributed by atoms with van der Waals surface area (Å²) in [5, 5.41) is 2.09. The Kier molecular flexibility index (Phi) is 6.78. The molecule has 0 spiro atoms. The highest BCUT2D eigenvalue weighted by Gasteiger charge is 2.39. The number of rotatable bonds is 5. The lowest BCUT2D eigenvalue weighted by Gasteiger charge is -2.16. The van der Waals surface area contributed by atoms with Gasteiger partial charge in [0.25, 0.3) is 11.8 Å². The van der Waals surface area contributed by atoms with Crippen LogP contribution in [0.25, 0.3) is 60.9 Å². The van der Waals surface area contributed by atoms with Gasteiger partial charge in [-0.25, -0.2) is 4.90 Å². The molecule has 6 heteroatoms. The van der Waals surface area contributed by atoms with Gasteiger partial charge in [-0.1, -0.05) is 60.7 Å². The first-order valence-corrected chi connectivity index (χ1v) is 16.6. The van der Waals surface area contributed by atoms with E-state index in [1.807, 2.05) is 104 Å². The average molecular weight is 647 g/mol. The number of anilines is 1. The first-order valence-electron chi connectivity index (χ1n) is 16.6. The highest BCUT2D eigenvalue weighted by molar-refractivity contribution is 6.36. The summed E-state index contributed by atoms with van der Waals surface area (Å²) in [5.41, 5.74) is 12.4. The fourth-order valence-electron chi connectivity index (χ4n) is 7.36. The predicted octanol–water partition coefficient (Wildman–Crippen LogP) is 9.99. The number of carbonyl (C=O) groups excluding carboxylic acids is 2. The molecule has 0 atom stereocenters. The van der Waals surface area contributed by atoms with Crippen molar-refractivity contribution in [1.82, 2.24) is 14.5 Å². The molecule has 1 aliphatic rings. The number of nitrogens with zero attached hydrogens (tertiary/aromatic N) is 4. The molecular weight excluding hydrogens is 617 g/mol. The van der Waals surface area contributed by atoms with Crippen LogP contribution in [0, 0.1) is 13.8 Å².